The molecule has 234 valence electrons. The normalized spacial score (nSPS) is 15.9. The van der Waals surface area contributed by atoms with Crippen LogP contribution in [0.25, 0.3) is 11.3 Å². The number of nitrogens with zero attached hydrogens (tertiary/aromatic N) is 4. The Balaban J connectivity index is 1.16. The van der Waals surface area contributed by atoms with Crippen LogP contribution in [-0.4, -0.2) is 59.7 Å². The summed E-state index contributed by atoms with van der Waals surface area (Å²) in [6.45, 7) is 6.16. The van der Waals surface area contributed by atoms with Crippen LogP contribution in [0, 0.1) is 6.92 Å². The van der Waals surface area contributed by atoms with Crippen molar-refractivity contribution in [3.8, 4) is 17.0 Å². The van der Waals surface area contributed by atoms with Gasteiger partial charge in [0, 0.05) is 67.6 Å². The number of amides is 1. The first-order valence-electron chi connectivity index (χ1n) is 15.9. The van der Waals surface area contributed by atoms with Gasteiger partial charge in [0.1, 0.15) is 11.9 Å². The van der Waals surface area contributed by atoms with E-state index in [1.54, 1.807) is 13.2 Å². The summed E-state index contributed by atoms with van der Waals surface area (Å²) in [5.74, 6) is 0.873. The summed E-state index contributed by atoms with van der Waals surface area (Å²) in [6.07, 6.45) is 7.67. The maximum atomic E-state index is 13.2. The number of carbonyl (C=O) groups excluding carboxylic acids is 1. The van der Waals surface area contributed by atoms with Gasteiger partial charge >= 0.3 is 0 Å². The Morgan fingerprint density at radius 3 is 2.31 bits per heavy atom. The van der Waals surface area contributed by atoms with Crippen LogP contribution in [0.3, 0.4) is 0 Å². The van der Waals surface area contributed by atoms with Crippen LogP contribution in [0.5, 0.6) is 5.75 Å². The van der Waals surface area contributed by atoms with Crippen molar-refractivity contribution in [3.05, 3.63) is 94.4 Å². The molecule has 6 rings (SSSR count). The summed E-state index contributed by atoms with van der Waals surface area (Å²) >= 11 is 0. The number of ether oxygens (including phenoxy) is 1. The molecule has 1 aromatic heterocycles. The standard InChI is InChI=1S/C36H42N6O3/c1-25-31(8-7-9-32(25)39-35(43)26-10-14-28(15-11-26)42-20-5-4-6-21-42)33-24-41(3)36(44)34(38-33)37-27-12-16-29(17-13-27)45-30-18-22-40(2)23-19-30/h7-17,24,30H,4-6,18-23H2,1-3H3,(H,37,38)(H,39,43). The Hall–Kier alpha value is -4.63. The van der Waals surface area contributed by atoms with E-state index in [1.807, 2.05) is 73.7 Å². The number of carbonyl (C=O) groups is 1. The van der Waals surface area contributed by atoms with Crippen molar-refractivity contribution in [1.29, 1.82) is 0 Å². The molecular formula is C36H42N6O3. The molecule has 0 bridgehead atoms. The van der Waals surface area contributed by atoms with Gasteiger partial charge in [-0.25, -0.2) is 4.98 Å². The molecule has 0 saturated carbocycles. The molecule has 2 N–H and O–H groups in total. The first-order valence-corrected chi connectivity index (χ1v) is 15.9. The number of benzene rings is 3. The molecule has 0 spiro atoms. The number of likely N-dealkylation sites (tertiary alicyclic amines) is 1. The van der Waals surface area contributed by atoms with Crippen molar-refractivity contribution in [2.45, 2.75) is 45.1 Å². The Kier molecular flexibility index (Phi) is 9.16. The van der Waals surface area contributed by atoms with E-state index in [-0.39, 0.29) is 23.4 Å². The van der Waals surface area contributed by atoms with Crippen molar-refractivity contribution in [2.75, 3.05) is 48.8 Å². The van der Waals surface area contributed by atoms with E-state index < -0.39 is 0 Å². The SMILES string of the molecule is Cc1c(NC(=O)c2ccc(N3CCCCC3)cc2)cccc1-c1cn(C)c(=O)c(Nc2ccc(OC3CCN(C)CC3)cc2)n1. The quantitative estimate of drug-likeness (QED) is 0.246. The molecule has 4 aromatic rings. The maximum Gasteiger partial charge on any atom is 0.293 e. The minimum absolute atomic E-state index is 0.167. The average molecular weight is 607 g/mol. The molecule has 45 heavy (non-hydrogen) atoms. The van der Waals surface area contributed by atoms with Crippen LogP contribution in [-0.2, 0) is 7.05 Å². The van der Waals surface area contributed by atoms with E-state index in [9.17, 15) is 9.59 Å². The summed E-state index contributed by atoms with van der Waals surface area (Å²) in [6, 6.07) is 21.2. The van der Waals surface area contributed by atoms with Gasteiger partial charge in [-0.05, 0) is 106 Å². The first kappa shape index (κ1) is 30.4. The molecule has 0 radical (unpaired) electrons. The fourth-order valence-electron chi connectivity index (χ4n) is 6.08. The lowest BCUT2D eigenvalue weighted by atomic mass is 10.0. The van der Waals surface area contributed by atoms with Gasteiger partial charge in [0.2, 0.25) is 0 Å². The third-order valence-electron chi connectivity index (χ3n) is 8.87. The average Bonchev–Trinajstić information content (AvgIpc) is 3.06. The van der Waals surface area contributed by atoms with E-state index >= 15 is 0 Å². The molecule has 2 fully saturated rings. The predicted molar refractivity (Wildman–Crippen MR) is 181 cm³/mol. The molecule has 2 saturated heterocycles. The predicted octanol–water partition coefficient (Wildman–Crippen LogP) is 6.21. The molecule has 3 heterocycles. The second-order valence-corrected chi connectivity index (χ2v) is 12.2. The molecule has 0 aliphatic carbocycles. The highest BCUT2D eigenvalue weighted by atomic mass is 16.5. The number of aryl methyl sites for hydroxylation is 1. The highest BCUT2D eigenvalue weighted by Crippen LogP contribution is 2.29. The van der Waals surface area contributed by atoms with Crippen LogP contribution in [0.1, 0.15) is 48.0 Å². The number of aromatic nitrogens is 2. The molecule has 0 unspecified atom stereocenters. The van der Waals surface area contributed by atoms with Gasteiger partial charge in [0.15, 0.2) is 5.82 Å². The summed E-state index contributed by atoms with van der Waals surface area (Å²) in [4.78, 5) is 35.7. The molecular weight excluding hydrogens is 564 g/mol. The monoisotopic (exact) mass is 606 g/mol. The van der Waals surface area contributed by atoms with Gasteiger partial charge < -0.3 is 29.7 Å². The summed E-state index contributed by atoms with van der Waals surface area (Å²) in [5, 5.41) is 6.27. The molecule has 2 aliphatic rings. The van der Waals surface area contributed by atoms with Gasteiger partial charge in [-0.2, -0.15) is 0 Å². The molecule has 2 aliphatic heterocycles. The smallest absolute Gasteiger partial charge is 0.293 e. The van der Waals surface area contributed by atoms with Gasteiger partial charge in [0.25, 0.3) is 11.5 Å². The summed E-state index contributed by atoms with van der Waals surface area (Å²) < 4.78 is 7.70. The Bertz CT molecular complexity index is 1690. The highest BCUT2D eigenvalue weighted by Gasteiger charge is 2.19. The fraction of sp³-hybridized carbons (Fsp3) is 0.361. The summed E-state index contributed by atoms with van der Waals surface area (Å²) in [5.41, 5.74) is 5.29. The third-order valence-corrected chi connectivity index (χ3v) is 8.87. The highest BCUT2D eigenvalue weighted by molar-refractivity contribution is 6.05. The van der Waals surface area contributed by atoms with E-state index in [1.165, 1.54) is 23.8 Å². The maximum absolute atomic E-state index is 13.2. The minimum Gasteiger partial charge on any atom is -0.490 e. The second-order valence-electron chi connectivity index (χ2n) is 12.2. The zero-order valence-corrected chi connectivity index (χ0v) is 26.4. The molecule has 3 aromatic carbocycles. The van der Waals surface area contributed by atoms with E-state index in [4.69, 9.17) is 9.72 Å². The fourth-order valence-corrected chi connectivity index (χ4v) is 6.08. The minimum atomic E-state index is -0.236. The van der Waals surface area contributed by atoms with Crippen molar-refractivity contribution in [2.24, 2.45) is 7.05 Å². The van der Waals surface area contributed by atoms with Crippen molar-refractivity contribution >= 4 is 28.8 Å². The molecule has 1 amide bonds. The van der Waals surface area contributed by atoms with Crippen molar-refractivity contribution < 1.29 is 9.53 Å². The van der Waals surface area contributed by atoms with Crippen LogP contribution in [0.4, 0.5) is 22.9 Å². The second kappa shape index (κ2) is 13.6. The topological polar surface area (TPSA) is 91.7 Å². The molecule has 9 heteroatoms. The Morgan fingerprint density at radius 2 is 1.60 bits per heavy atom. The van der Waals surface area contributed by atoms with Crippen LogP contribution in [0.2, 0.25) is 0 Å². The Labute approximate surface area is 264 Å². The van der Waals surface area contributed by atoms with Gasteiger partial charge in [0.05, 0.1) is 5.69 Å². The Morgan fingerprint density at radius 1 is 0.889 bits per heavy atom. The zero-order valence-electron chi connectivity index (χ0n) is 26.4. The third kappa shape index (κ3) is 7.20. The van der Waals surface area contributed by atoms with Crippen LogP contribution >= 0.6 is 0 Å². The van der Waals surface area contributed by atoms with Crippen LogP contribution in [0.15, 0.2) is 77.7 Å². The lowest BCUT2D eigenvalue weighted by molar-refractivity contribution is 0.102. The molecule has 0 atom stereocenters. The largest absolute Gasteiger partial charge is 0.490 e. The van der Waals surface area contributed by atoms with E-state index in [0.29, 0.717) is 16.9 Å². The number of hydrogen-bond donors (Lipinski definition) is 2. The van der Waals surface area contributed by atoms with E-state index in [2.05, 4.69) is 27.5 Å². The van der Waals surface area contributed by atoms with Crippen molar-refractivity contribution in [1.82, 2.24) is 14.5 Å². The van der Waals surface area contributed by atoms with E-state index in [0.717, 1.165) is 67.3 Å². The lowest BCUT2D eigenvalue weighted by Gasteiger charge is -2.29. The number of rotatable bonds is 8. The summed E-state index contributed by atoms with van der Waals surface area (Å²) in [7, 11) is 3.85. The lowest BCUT2D eigenvalue weighted by Crippen LogP contribution is -2.35. The van der Waals surface area contributed by atoms with Crippen molar-refractivity contribution in [3.63, 3.8) is 0 Å². The van der Waals surface area contributed by atoms with Crippen LogP contribution < -0.4 is 25.8 Å². The molecule has 9 nitrogen and oxygen atoms in total. The zero-order chi connectivity index (χ0) is 31.3. The van der Waals surface area contributed by atoms with Gasteiger partial charge in [-0.3, -0.25) is 9.59 Å². The first-order chi connectivity index (χ1) is 21.8. The number of nitrogens with one attached hydrogen (secondary N) is 2. The number of piperidine rings is 2. The van der Waals surface area contributed by atoms with Gasteiger partial charge in [-0.1, -0.05) is 12.1 Å². The van der Waals surface area contributed by atoms with Gasteiger partial charge in [-0.15, -0.1) is 0 Å². The number of anilines is 4. The number of hydrogen-bond acceptors (Lipinski definition) is 7.